The Bertz CT molecular complexity index is 707. The first kappa shape index (κ1) is 18.0. The molecule has 1 aromatic rings. The molecule has 3 heterocycles. The zero-order chi connectivity index (χ0) is 17.8. The SMILES string of the molecule is O=C(O)CCCN1C(=O)/C(=C/c2ccc(N3CCCCC3)o2)SC1=S. The summed E-state index contributed by atoms with van der Waals surface area (Å²) in [5.74, 6) is 0.410. The average Bonchev–Trinajstić information content (AvgIpc) is 3.16. The number of piperidine rings is 1. The van der Waals surface area contributed by atoms with E-state index in [-0.39, 0.29) is 12.3 Å². The van der Waals surface area contributed by atoms with Crippen molar-refractivity contribution >= 4 is 52.1 Å². The van der Waals surface area contributed by atoms with Crippen molar-refractivity contribution < 1.29 is 19.1 Å². The molecule has 0 radical (unpaired) electrons. The summed E-state index contributed by atoms with van der Waals surface area (Å²) in [7, 11) is 0. The Morgan fingerprint density at radius 2 is 2.08 bits per heavy atom. The maximum absolute atomic E-state index is 12.5. The maximum Gasteiger partial charge on any atom is 0.303 e. The third-order valence-electron chi connectivity index (χ3n) is 4.20. The predicted molar refractivity (Wildman–Crippen MR) is 102 cm³/mol. The Morgan fingerprint density at radius 3 is 2.80 bits per heavy atom. The van der Waals surface area contributed by atoms with E-state index in [4.69, 9.17) is 21.7 Å². The van der Waals surface area contributed by atoms with E-state index >= 15 is 0 Å². The van der Waals surface area contributed by atoms with Gasteiger partial charge in [-0.15, -0.1) is 0 Å². The maximum atomic E-state index is 12.5. The van der Waals surface area contributed by atoms with Crippen LogP contribution in [0.1, 0.15) is 37.9 Å². The summed E-state index contributed by atoms with van der Waals surface area (Å²) in [5, 5.41) is 8.71. The first-order chi connectivity index (χ1) is 12.0. The minimum atomic E-state index is -0.873. The Hall–Kier alpha value is -1.80. The summed E-state index contributed by atoms with van der Waals surface area (Å²) < 4.78 is 6.32. The number of nitrogens with zero attached hydrogens (tertiary/aromatic N) is 2. The number of hydrogen-bond acceptors (Lipinski definition) is 6. The van der Waals surface area contributed by atoms with Gasteiger partial charge in [-0.25, -0.2) is 0 Å². The number of carbonyl (C=O) groups excluding carboxylic acids is 1. The van der Waals surface area contributed by atoms with Gasteiger partial charge in [0.1, 0.15) is 10.1 Å². The molecule has 2 fully saturated rings. The number of furan rings is 1. The molecule has 2 saturated heterocycles. The lowest BCUT2D eigenvalue weighted by Gasteiger charge is -2.25. The normalized spacial score (nSPS) is 19.9. The highest BCUT2D eigenvalue weighted by molar-refractivity contribution is 8.26. The summed E-state index contributed by atoms with van der Waals surface area (Å²) in [5.41, 5.74) is 0. The molecular weight excluding hydrogens is 360 g/mol. The highest BCUT2D eigenvalue weighted by Crippen LogP contribution is 2.33. The minimum Gasteiger partial charge on any atom is -0.481 e. The van der Waals surface area contributed by atoms with E-state index in [2.05, 4.69) is 4.90 Å². The minimum absolute atomic E-state index is 0.0213. The quantitative estimate of drug-likeness (QED) is 0.599. The largest absolute Gasteiger partial charge is 0.481 e. The van der Waals surface area contributed by atoms with Crippen LogP contribution in [0.2, 0.25) is 0 Å². The second-order valence-corrected chi connectivity index (χ2v) is 7.73. The molecule has 0 aromatic carbocycles. The first-order valence-corrected chi connectivity index (χ1v) is 9.59. The molecule has 1 amide bonds. The number of anilines is 1. The summed E-state index contributed by atoms with van der Waals surface area (Å²) in [4.78, 5) is 27.3. The summed E-state index contributed by atoms with van der Waals surface area (Å²) in [6.07, 6.45) is 5.72. The van der Waals surface area contributed by atoms with Gasteiger partial charge in [0.25, 0.3) is 5.91 Å². The fourth-order valence-electron chi connectivity index (χ4n) is 2.91. The molecule has 3 rings (SSSR count). The number of hydrogen-bond donors (Lipinski definition) is 1. The zero-order valence-electron chi connectivity index (χ0n) is 13.8. The van der Waals surface area contributed by atoms with Gasteiger partial charge in [0.15, 0.2) is 5.88 Å². The van der Waals surface area contributed by atoms with Crippen molar-refractivity contribution in [2.24, 2.45) is 0 Å². The molecule has 0 spiro atoms. The predicted octanol–water partition coefficient (Wildman–Crippen LogP) is 3.34. The zero-order valence-corrected chi connectivity index (χ0v) is 15.4. The highest BCUT2D eigenvalue weighted by Gasteiger charge is 2.32. The molecule has 8 heteroatoms. The lowest BCUT2D eigenvalue weighted by molar-refractivity contribution is -0.137. The molecule has 134 valence electrons. The Morgan fingerprint density at radius 1 is 1.32 bits per heavy atom. The summed E-state index contributed by atoms with van der Waals surface area (Å²) in [6, 6.07) is 3.80. The van der Waals surface area contributed by atoms with Crippen LogP contribution in [-0.4, -0.2) is 45.8 Å². The standard InChI is InChI=1S/C17H20N2O4S2/c20-15(21)5-4-10-19-16(22)13(25-17(19)24)11-12-6-7-14(23-12)18-8-2-1-3-9-18/h6-7,11H,1-5,8-10H2,(H,20,21)/b13-11-. The molecule has 1 aromatic heterocycles. The van der Waals surface area contributed by atoms with Gasteiger partial charge in [0, 0.05) is 38.2 Å². The van der Waals surface area contributed by atoms with Crippen LogP contribution in [0.5, 0.6) is 0 Å². The van der Waals surface area contributed by atoms with Crippen molar-refractivity contribution in [2.75, 3.05) is 24.5 Å². The molecule has 6 nitrogen and oxygen atoms in total. The third-order valence-corrected chi connectivity index (χ3v) is 5.58. The molecule has 0 saturated carbocycles. The van der Waals surface area contributed by atoms with Gasteiger partial charge in [0.2, 0.25) is 0 Å². The number of carbonyl (C=O) groups is 2. The van der Waals surface area contributed by atoms with E-state index in [9.17, 15) is 9.59 Å². The fourth-order valence-corrected chi connectivity index (χ4v) is 4.20. The van der Waals surface area contributed by atoms with E-state index in [1.807, 2.05) is 12.1 Å². The average molecular weight is 380 g/mol. The van der Waals surface area contributed by atoms with Gasteiger partial charge in [-0.05, 0) is 31.7 Å². The number of carboxylic acid groups (broad SMARTS) is 1. The molecule has 1 N–H and O–H groups in total. The van der Waals surface area contributed by atoms with Gasteiger partial charge in [-0.1, -0.05) is 24.0 Å². The number of carboxylic acids is 1. The molecule has 0 bridgehead atoms. The van der Waals surface area contributed by atoms with Crippen LogP contribution in [0.4, 0.5) is 5.88 Å². The fraction of sp³-hybridized carbons (Fsp3) is 0.471. The topological polar surface area (TPSA) is 74.0 Å². The molecule has 0 atom stereocenters. The Kier molecular flexibility index (Phi) is 5.80. The number of thiocarbonyl (C=S) groups is 1. The highest BCUT2D eigenvalue weighted by atomic mass is 32.2. The van der Waals surface area contributed by atoms with Crippen LogP contribution in [0.15, 0.2) is 21.5 Å². The van der Waals surface area contributed by atoms with Gasteiger partial charge in [-0.2, -0.15) is 0 Å². The third kappa shape index (κ3) is 4.43. The second-order valence-electron chi connectivity index (χ2n) is 6.05. The van der Waals surface area contributed by atoms with Crippen LogP contribution < -0.4 is 4.90 Å². The molecule has 2 aliphatic rings. The molecule has 25 heavy (non-hydrogen) atoms. The van der Waals surface area contributed by atoms with Crippen LogP contribution in [0, 0.1) is 0 Å². The van der Waals surface area contributed by atoms with Crippen molar-refractivity contribution in [3.63, 3.8) is 0 Å². The van der Waals surface area contributed by atoms with E-state index in [0.29, 0.717) is 28.0 Å². The van der Waals surface area contributed by atoms with E-state index in [1.54, 1.807) is 6.08 Å². The van der Waals surface area contributed by atoms with Crippen molar-refractivity contribution in [2.45, 2.75) is 32.1 Å². The molecule has 2 aliphatic heterocycles. The van der Waals surface area contributed by atoms with Crippen LogP contribution in [0.25, 0.3) is 6.08 Å². The number of thioether (sulfide) groups is 1. The lowest BCUT2D eigenvalue weighted by atomic mass is 10.1. The van der Waals surface area contributed by atoms with Crippen LogP contribution >= 0.6 is 24.0 Å². The monoisotopic (exact) mass is 380 g/mol. The van der Waals surface area contributed by atoms with Gasteiger partial charge in [0.05, 0.1) is 4.91 Å². The van der Waals surface area contributed by atoms with E-state index in [1.165, 1.54) is 35.9 Å². The van der Waals surface area contributed by atoms with Crippen LogP contribution in [-0.2, 0) is 9.59 Å². The van der Waals surface area contributed by atoms with Crippen molar-refractivity contribution in [1.29, 1.82) is 0 Å². The summed E-state index contributed by atoms with van der Waals surface area (Å²) in [6.45, 7) is 2.32. The molecule has 0 aliphatic carbocycles. The Balaban J connectivity index is 1.65. The van der Waals surface area contributed by atoms with E-state index in [0.717, 1.165) is 19.0 Å². The van der Waals surface area contributed by atoms with Crippen LogP contribution in [0.3, 0.4) is 0 Å². The molecule has 0 unspecified atom stereocenters. The van der Waals surface area contributed by atoms with Crippen molar-refractivity contribution in [1.82, 2.24) is 4.90 Å². The first-order valence-electron chi connectivity index (χ1n) is 8.36. The van der Waals surface area contributed by atoms with Crippen molar-refractivity contribution in [3.8, 4) is 0 Å². The van der Waals surface area contributed by atoms with Gasteiger partial charge >= 0.3 is 5.97 Å². The summed E-state index contributed by atoms with van der Waals surface area (Å²) >= 11 is 6.47. The number of rotatable bonds is 6. The van der Waals surface area contributed by atoms with Gasteiger partial charge in [-0.3, -0.25) is 14.5 Å². The molecular formula is C17H20N2O4S2. The number of amides is 1. The van der Waals surface area contributed by atoms with Crippen molar-refractivity contribution in [3.05, 3.63) is 22.8 Å². The second kappa shape index (κ2) is 8.05. The van der Waals surface area contributed by atoms with Gasteiger partial charge < -0.3 is 14.4 Å². The number of aliphatic carboxylic acids is 1. The van der Waals surface area contributed by atoms with E-state index < -0.39 is 5.97 Å². The smallest absolute Gasteiger partial charge is 0.303 e. The Labute approximate surface area is 155 Å². The lowest BCUT2D eigenvalue weighted by Crippen LogP contribution is -2.29.